The molecule has 0 aromatic carbocycles. The van der Waals surface area contributed by atoms with Crippen molar-refractivity contribution in [3.63, 3.8) is 0 Å². The molecule has 1 fully saturated rings. The minimum absolute atomic E-state index is 0.168. The van der Waals surface area contributed by atoms with Gasteiger partial charge in [0.05, 0.1) is 0 Å². The van der Waals surface area contributed by atoms with Crippen LogP contribution in [0.4, 0.5) is 0 Å². The van der Waals surface area contributed by atoms with Crippen molar-refractivity contribution < 1.29 is 14.7 Å². The predicted molar refractivity (Wildman–Crippen MR) is 58.7 cm³/mol. The zero-order chi connectivity index (χ0) is 12.5. The number of nitrogens with one attached hydrogen (secondary N) is 2. The number of H-pyrrole nitrogens is 1. The zero-order valence-electron chi connectivity index (χ0n) is 9.03. The van der Waals surface area contributed by atoms with Crippen molar-refractivity contribution in [1.29, 1.82) is 0 Å². The number of rotatable bonds is 3. The molecule has 0 radical (unpaired) electrons. The van der Waals surface area contributed by atoms with Gasteiger partial charge in [-0.1, -0.05) is 0 Å². The molecule has 6 nitrogen and oxygen atoms in total. The molecule has 0 saturated heterocycles. The van der Waals surface area contributed by atoms with E-state index in [1.165, 1.54) is 12.3 Å². The smallest absolute Gasteiger partial charge is 0.329 e. The molecule has 1 saturated carbocycles. The molecule has 0 atom stereocenters. The summed E-state index contributed by atoms with van der Waals surface area (Å²) in [6, 6.07) is 2.58. The molecule has 0 spiro atoms. The maximum absolute atomic E-state index is 11.8. The van der Waals surface area contributed by atoms with Gasteiger partial charge >= 0.3 is 5.97 Å². The summed E-state index contributed by atoms with van der Waals surface area (Å²) < 4.78 is 0. The van der Waals surface area contributed by atoms with Crippen LogP contribution in [0.5, 0.6) is 0 Å². The van der Waals surface area contributed by atoms with E-state index in [0.29, 0.717) is 12.8 Å². The molecule has 17 heavy (non-hydrogen) atoms. The molecule has 1 heterocycles. The van der Waals surface area contributed by atoms with E-state index in [4.69, 9.17) is 5.11 Å². The van der Waals surface area contributed by atoms with Crippen molar-refractivity contribution >= 4 is 11.9 Å². The highest BCUT2D eigenvalue weighted by atomic mass is 16.4. The SMILES string of the molecule is O=C(NC1(C(=O)O)CCC1)c1cc[nH]c(=O)c1. The van der Waals surface area contributed by atoms with Crippen LogP contribution >= 0.6 is 0 Å². The first-order valence-electron chi connectivity index (χ1n) is 5.28. The van der Waals surface area contributed by atoms with Crippen LogP contribution in [0.1, 0.15) is 29.6 Å². The van der Waals surface area contributed by atoms with Gasteiger partial charge in [0.25, 0.3) is 5.91 Å². The first kappa shape index (κ1) is 11.4. The van der Waals surface area contributed by atoms with Crippen LogP contribution in [-0.2, 0) is 4.79 Å². The highest BCUT2D eigenvalue weighted by Crippen LogP contribution is 2.32. The highest BCUT2D eigenvalue weighted by Gasteiger charge is 2.45. The van der Waals surface area contributed by atoms with Crippen molar-refractivity contribution in [2.45, 2.75) is 24.8 Å². The molecule has 2 rings (SSSR count). The van der Waals surface area contributed by atoms with Crippen molar-refractivity contribution in [2.24, 2.45) is 0 Å². The molecule has 1 aromatic heterocycles. The van der Waals surface area contributed by atoms with Gasteiger partial charge < -0.3 is 15.4 Å². The number of aromatic amines is 1. The van der Waals surface area contributed by atoms with Gasteiger partial charge in [0.15, 0.2) is 0 Å². The van der Waals surface area contributed by atoms with Gasteiger partial charge in [-0.2, -0.15) is 0 Å². The van der Waals surface area contributed by atoms with Gasteiger partial charge in [-0.25, -0.2) is 4.79 Å². The van der Waals surface area contributed by atoms with E-state index in [2.05, 4.69) is 10.3 Å². The predicted octanol–water partition coefficient (Wildman–Crippen LogP) is 0.112. The van der Waals surface area contributed by atoms with Crippen LogP contribution in [0.25, 0.3) is 0 Å². The molecule has 0 aliphatic heterocycles. The first-order chi connectivity index (χ1) is 8.03. The van der Waals surface area contributed by atoms with Crippen molar-refractivity contribution in [1.82, 2.24) is 10.3 Å². The molecule has 1 aliphatic carbocycles. The Morgan fingerprint density at radius 2 is 2.12 bits per heavy atom. The summed E-state index contributed by atoms with van der Waals surface area (Å²) in [7, 11) is 0. The summed E-state index contributed by atoms with van der Waals surface area (Å²) in [6.45, 7) is 0. The zero-order valence-corrected chi connectivity index (χ0v) is 9.03. The second-order valence-corrected chi connectivity index (χ2v) is 4.14. The Morgan fingerprint density at radius 3 is 2.59 bits per heavy atom. The number of hydrogen-bond acceptors (Lipinski definition) is 3. The van der Waals surface area contributed by atoms with Crippen molar-refractivity contribution in [3.8, 4) is 0 Å². The van der Waals surface area contributed by atoms with Gasteiger partial charge in [0.2, 0.25) is 5.56 Å². The Kier molecular flexibility index (Phi) is 2.71. The normalized spacial score (nSPS) is 16.9. The minimum atomic E-state index is -1.15. The number of carboxylic acids is 1. The van der Waals surface area contributed by atoms with Gasteiger partial charge in [-0.05, 0) is 25.3 Å². The van der Waals surface area contributed by atoms with E-state index in [-0.39, 0.29) is 5.56 Å². The second kappa shape index (κ2) is 4.04. The second-order valence-electron chi connectivity index (χ2n) is 4.14. The minimum Gasteiger partial charge on any atom is -0.480 e. The lowest BCUT2D eigenvalue weighted by Crippen LogP contribution is -2.59. The van der Waals surface area contributed by atoms with E-state index in [1.807, 2.05) is 0 Å². The van der Waals surface area contributed by atoms with E-state index < -0.39 is 23.0 Å². The Bertz CT molecular complexity index is 516. The molecule has 1 aliphatic rings. The van der Waals surface area contributed by atoms with Crippen LogP contribution < -0.4 is 10.9 Å². The number of hydrogen-bond donors (Lipinski definition) is 3. The number of pyridine rings is 1. The molecule has 90 valence electrons. The fourth-order valence-electron chi connectivity index (χ4n) is 1.80. The number of amides is 1. The van der Waals surface area contributed by atoms with Gasteiger partial charge in [-0.3, -0.25) is 9.59 Å². The average molecular weight is 236 g/mol. The summed E-state index contributed by atoms with van der Waals surface area (Å²) >= 11 is 0. The monoisotopic (exact) mass is 236 g/mol. The van der Waals surface area contributed by atoms with E-state index >= 15 is 0 Å². The molecule has 6 heteroatoms. The standard InChI is InChI=1S/C11H12N2O4/c14-8-6-7(2-5-12-8)9(15)13-11(10(16)17)3-1-4-11/h2,5-6H,1,3-4H2,(H,12,14)(H,13,15)(H,16,17). The Hall–Kier alpha value is -2.11. The Morgan fingerprint density at radius 1 is 1.41 bits per heavy atom. The number of aliphatic carboxylic acids is 1. The average Bonchev–Trinajstić information content (AvgIpc) is 2.22. The highest BCUT2D eigenvalue weighted by molar-refractivity contribution is 5.98. The molecule has 3 N–H and O–H groups in total. The summed E-state index contributed by atoms with van der Waals surface area (Å²) in [4.78, 5) is 36.3. The molecule has 0 unspecified atom stereocenters. The van der Waals surface area contributed by atoms with Crippen LogP contribution in [0, 0.1) is 0 Å². The molecular formula is C11H12N2O4. The number of carboxylic acid groups (broad SMARTS) is 1. The van der Waals surface area contributed by atoms with Crippen LogP contribution in [-0.4, -0.2) is 27.5 Å². The van der Waals surface area contributed by atoms with E-state index in [9.17, 15) is 14.4 Å². The molecular weight excluding hydrogens is 224 g/mol. The maximum Gasteiger partial charge on any atom is 0.329 e. The summed E-state index contributed by atoms with van der Waals surface area (Å²) in [5, 5.41) is 11.5. The maximum atomic E-state index is 11.8. The molecule has 1 amide bonds. The largest absolute Gasteiger partial charge is 0.480 e. The fraction of sp³-hybridized carbons (Fsp3) is 0.364. The van der Waals surface area contributed by atoms with Crippen LogP contribution in [0.3, 0.4) is 0 Å². The third-order valence-corrected chi connectivity index (χ3v) is 3.01. The summed E-state index contributed by atoms with van der Waals surface area (Å²) in [5.41, 5.74) is -1.38. The van der Waals surface area contributed by atoms with Gasteiger partial charge in [0, 0.05) is 17.8 Å². The lowest BCUT2D eigenvalue weighted by molar-refractivity contribution is -0.148. The first-order valence-corrected chi connectivity index (χ1v) is 5.28. The van der Waals surface area contributed by atoms with Crippen molar-refractivity contribution in [2.75, 3.05) is 0 Å². The summed E-state index contributed by atoms with van der Waals surface area (Å²) in [6.07, 6.45) is 2.99. The number of carbonyl (C=O) groups excluding carboxylic acids is 1. The van der Waals surface area contributed by atoms with Crippen LogP contribution in [0.2, 0.25) is 0 Å². The topological polar surface area (TPSA) is 99.3 Å². The van der Waals surface area contributed by atoms with E-state index in [0.717, 1.165) is 12.5 Å². The Balaban J connectivity index is 2.17. The Labute approximate surface area is 96.7 Å². The van der Waals surface area contributed by atoms with Crippen molar-refractivity contribution in [3.05, 3.63) is 34.2 Å². The number of aromatic nitrogens is 1. The summed E-state index contributed by atoms with van der Waals surface area (Å²) in [5.74, 6) is -1.56. The molecule has 0 bridgehead atoms. The number of carbonyl (C=O) groups is 2. The third-order valence-electron chi connectivity index (χ3n) is 3.01. The van der Waals surface area contributed by atoms with Crippen LogP contribution in [0.15, 0.2) is 23.1 Å². The third kappa shape index (κ3) is 2.06. The fourth-order valence-corrected chi connectivity index (χ4v) is 1.80. The molecule has 1 aromatic rings. The van der Waals surface area contributed by atoms with E-state index in [1.54, 1.807) is 0 Å². The van der Waals surface area contributed by atoms with Gasteiger partial charge in [-0.15, -0.1) is 0 Å². The quantitative estimate of drug-likeness (QED) is 0.693. The lowest BCUT2D eigenvalue weighted by atomic mass is 9.76. The lowest BCUT2D eigenvalue weighted by Gasteiger charge is -2.38. The van der Waals surface area contributed by atoms with Gasteiger partial charge in [0.1, 0.15) is 5.54 Å².